The Kier molecular flexibility index (Phi) is 3.78. The Morgan fingerprint density at radius 1 is 1.39 bits per heavy atom. The second kappa shape index (κ2) is 5.32. The van der Waals surface area contributed by atoms with E-state index in [1.165, 1.54) is 12.4 Å². The van der Waals surface area contributed by atoms with Gasteiger partial charge in [-0.15, -0.1) is 0 Å². The summed E-state index contributed by atoms with van der Waals surface area (Å²) in [7, 11) is 0. The quantitative estimate of drug-likeness (QED) is 0.904. The Labute approximate surface area is 116 Å². The number of rotatable bonds is 3. The molecule has 1 aromatic carbocycles. The SMILES string of the molecule is O=C(O)c1cncc(Nc2cc(Br)ccc2Cl)n1. The molecule has 0 saturated carbocycles. The Morgan fingerprint density at radius 2 is 2.17 bits per heavy atom. The van der Waals surface area contributed by atoms with Crippen molar-refractivity contribution in [1.29, 1.82) is 0 Å². The lowest BCUT2D eigenvalue weighted by molar-refractivity contribution is 0.0690. The molecule has 0 amide bonds. The van der Waals surface area contributed by atoms with Crippen molar-refractivity contribution in [2.45, 2.75) is 0 Å². The number of hydrogen-bond donors (Lipinski definition) is 2. The number of anilines is 2. The summed E-state index contributed by atoms with van der Waals surface area (Å²) < 4.78 is 0.844. The van der Waals surface area contributed by atoms with Crippen molar-refractivity contribution in [2.24, 2.45) is 0 Å². The number of hydrogen-bond acceptors (Lipinski definition) is 4. The second-order valence-electron chi connectivity index (χ2n) is 3.34. The van der Waals surface area contributed by atoms with Crippen molar-refractivity contribution in [3.63, 3.8) is 0 Å². The van der Waals surface area contributed by atoms with Gasteiger partial charge in [-0.2, -0.15) is 0 Å². The zero-order valence-electron chi connectivity index (χ0n) is 8.89. The molecule has 18 heavy (non-hydrogen) atoms. The third-order valence-electron chi connectivity index (χ3n) is 2.04. The van der Waals surface area contributed by atoms with Crippen molar-refractivity contribution in [3.8, 4) is 0 Å². The fourth-order valence-corrected chi connectivity index (χ4v) is 1.79. The third kappa shape index (κ3) is 2.96. The normalized spacial score (nSPS) is 10.1. The largest absolute Gasteiger partial charge is 0.476 e. The van der Waals surface area contributed by atoms with Crippen LogP contribution in [-0.4, -0.2) is 21.0 Å². The van der Waals surface area contributed by atoms with Gasteiger partial charge in [0, 0.05) is 4.47 Å². The van der Waals surface area contributed by atoms with E-state index in [4.69, 9.17) is 16.7 Å². The number of halogens is 2. The van der Waals surface area contributed by atoms with Gasteiger partial charge in [0.05, 0.1) is 23.1 Å². The van der Waals surface area contributed by atoms with E-state index in [1.54, 1.807) is 18.2 Å². The number of aromatic carboxylic acids is 1. The fourth-order valence-electron chi connectivity index (χ4n) is 1.26. The van der Waals surface area contributed by atoms with E-state index in [-0.39, 0.29) is 5.69 Å². The van der Waals surface area contributed by atoms with Crippen LogP contribution in [-0.2, 0) is 0 Å². The molecular formula is C11H7BrClN3O2. The summed E-state index contributed by atoms with van der Waals surface area (Å²) in [6.45, 7) is 0. The monoisotopic (exact) mass is 327 g/mol. The highest BCUT2D eigenvalue weighted by Gasteiger charge is 2.07. The summed E-state index contributed by atoms with van der Waals surface area (Å²) in [4.78, 5) is 18.4. The van der Waals surface area contributed by atoms with Gasteiger partial charge in [0.15, 0.2) is 5.69 Å². The first kappa shape index (κ1) is 12.8. The number of carboxylic acid groups (broad SMARTS) is 1. The summed E-state index contributed by atoms with van der Waals surface area (Å²) in [6.07, 6.45) is 2.60. The Morgan fingerprint density at radius 3 is 2.89 bits per heavy atom. The summed E-state index contributed by atoms with van der Waals surface area (Å²) in [5.41, 5.74) is 0.481. The van der Waals surface area contributed by atoms with E-state index in [0.29, 0.717) is 16.5 Å². The number of nitrogens with zero attached hydrogens (tertiary/aromatic N) is 2. The van der Waals surface area contributed by atoms with Gasteiger partial charge in [-0.25, -0.2) is 9.78 Å². The van der Waals surface area contributed by atoms with Crippen molar-refractivity contribution >= 4 is 45.0 Å². The standard InChI is InChI=1S/C11H7BrClN3O2/c12-6-1-2-7(13)8(3-6)15-10-5-14-4-9(16-10)11(17)18/h1-5H,(H,15,16)(H,17,18). The summed E-state index contributed by atoms with van der Waals surface area (Å²) in [6, 6.07) is 5.27. The van der Waals surface area contributed by atoms with Gasteiger partial charge in [0.2, 0.25) is 0 Å². The molecule has 0 spiro atoms. The van der Waals surface area contributed by atoms with Gasteiger partial charge >= 0.3 is 5.97 Å². The highest BCUT2D eigenvalue weighted by atomic mass is 79.9. The predicted octanol–water partition coefficient (Wildman–Crippen LogP) is 3.33. The molecule has 0 aliphatic carbocycles. The van der Waals surface area contributed by atoms with Crippen LogP contribution >= 0.6 is 27.5 Å². The lowest BCUT2D eigenvalue weighted by Gasteiger charge is -2.08. The van der Waals surface area contributed by atoms with Gasteiger partial charge in [-0.05, 0) is 18.2 Å². The molecule has 0 aliphatic heterocycles. The van der Waals surface area contributed by atoms with Gasteiger partial charge < -0.3 is 10.4 Å². The first-order chi connectivity index (χ1) is 8.56. The minimum atomic E-state index is -1.13. The minimum absolute atomic E-state index is 0.133. The van der Waals surface area contributed by atoms with Gasteiger partial charge in [-0.1, -0.05) is 27.5 Å². The average Bonchev–Trinajstić information content (AvgIpc) is 2.34. The molecule has 0 bridgehead atoms. The molecule has 7 heteroatoms. The highest BCUT2D eigenvalue weighted by Crippen LogP contribution is 2.27. The average molecular weight is 329 g/mol. The van der Waals surface area contributed by atoms with Crippen molar-refractivity contribution in [2.75, 3.05) is 5.32 Å². The van der Waals surface area contributed by atoms with Crippen molar-refractivity contribution in [1.82, 2.24) is 9.97 Å². The summed E-state index contributed by atoms with van der Waals surface area (Å²) >= 11 is 9.32. The van der Waals surface area contributed by atoms with E-state index in [9.17, 15) is 4.79 Å². The molecule has 0 saturated heterocycles. The molecule has 0 fully saturated rings. The fraction of sp³-hybridized carbons (Fsp3) is 0. The lowest BCUT2D eigenvalue weighted by atomic mass is 10.3. The Bertz CT molecular complexity index is 607. The summed E-state index contributed by atoms with van der Waals surface area (Å²) in [5.74, 6) is -0.818. The smallest absolute Gasteiger partial charge is 0.356 e. The second-order valence-corrected chi connectivity index (χ2v) is 4.67. The van der Waals surface area contributed by atoms with Crippen LogP contribution in [0.5, 0.6) is 0 Å². The van der Waals surface area contributed by atoms with Crippen molar-refractivity contribution < 1.29 is 9.90 Å². The van der Waals surface area contributed by atoms with Gasteiger partial charge in [0.25, 0.3) is 0 Å². The Balaban J connectivity index is 2.31. The van der Waals surface area contributed by atoms with Crippen LogP contribution in [0.4, 0.5) is 11.5 Å². The molecule has 2 aromatic rings. The number of carbonyl (C=O) groups is 1. The van der Waals surface area contributed by atoms with E-state index in [2.05, 4.69) is 31.2 Å². The molecule has 0 aliphatic rings. The van der Waals surface area contributed by atoms with E-state index in [1.807, 2.05) is 0 Å². The van der Waals surface area contributed by atoms with Crippen LogP contribution in [0, 0.1) is 0 Å². The third-order valence-corrected chi connectivity index (χ3v) is 2.87. The lowest BCUT2D eigenvalue weighted by Crippen LogP contribution is -2.04. The molecule has 0 atom stereocenters. The predicted molar refractivity (Wildman–Crippen MR) is 71.4 cm³/mol. The van der Waals surface area contributed by atoms with Crippen LogP contribution in [0.15, 0.2) is 35.1 Å². The van der Waals surface area contributed by atoms with E-state index < -0.39 is 5.97 Å². The molecule has 92 valence electrons. The molecule has 0 radical (unpaired) electrons. The molecular weight excluding hydrogens is 321 g/mol. The Hall–Kier alpha value is -1.66. The number of aromatic nitrogens is 2. The van der Waals surface area contributed by atoms with Crippen LogP contribution in [0.25, 0.3) is 0 Å². The maximum absolute atomic E-state index is 10.8. The zero-order chi connectivity index (χ0) is 13.1. The topological polar surface area (TPSA) is 75.1 Å². The van der Waals surface area contributed by atoms with Crippen molar-refractivity contribution in [3.05, 3.63) is 45.8 Å². The van der Waals surface area contributed by atoms with Crippen LogP contribution < -0.4 is 5.32 Å². The first-order valence-corrected chi connectivity index (χ1v) is 6.01. The highest BCUT2D eigenvalue weighted by molar-refractivity contribution is 9.10. The maximum atomic E-state index is 10.8. The molecule has 1 heterocycles. The molecule has 1 aromatic heterocycles. The summed E-state index contributed by atoms with van der Waals surface area (Å²) in [5, 5.41) is 12.2. The molecule has 5 nitrogen and oxygen atoms in total. The van der Waals surface area contributed by atoms with Crippen LogP contribution in [0.1, 0.15) is 10.5 Å². The number of carboxylic acids is 1. The number of nitrogens with one attached hydrogen (secondary N) is 1. The number of benzene rings is 1. The van der Waals surface area contributed by atoms with Gasteiger partial charge in [0.1, 0.15) is 5.82 Å². The van der Waals surface area contributed by atoms with Crippen LogP contribution in [0.3, 0.4) is 0 Å². The van der Waals surface area contributed by atoms with E-state index in [0.717, 1.165) is 4.47 Å². The molecule has 2 rings (SSSR count). The van der Waals surface area contributed by atoms with E-state index >= 15 is 0 Å². The van der Waals surface area contributed by atoms with Crippen LogP contribution in [0.2, 0.25) is 5.02 Å². The molecule has 2 N–H and O–H groups in total. The first-order valence-electron chi connectivity index (χ1n) is 4.83. The van der Waals surface area contributed by atoms with Gasteiger partial charge in [-0.3, -0.25) is 4.98 Å². The maximum Gasteiger partial charge on any atom is 0.356 e. The molecule has 0 unspecified atom stereocenters. The minimum Gasteiger partial charge on any atom is -0.476 e. The zero-order valence-corrected chi connectivity index (χ0v) is 11.2.